The molecule has 1 amide bonds. The number of nitro benzene ring substituents is 1. The first kappa shape index (κ1) is 17.5. The Morgan fingerprint density at radius 3 is 2.56 bits per heavy atom. The lowest BCUT2D eigenvalue weighted by molar-refractivity contribution is -0.384. The fraction of sp³-hybridized carbons (Fsp3) is 0.471. The molecule has 1 aromatic carbocycles. The number of hydrogen-bond donors (Lipinski definition) is 2. The molecule has 2 saturated heterocycles. The minimum atomic E-state index is -0.421. The second-order valence-corrected chi connectivity index (χ2v) is 6.37. The Morgan fingerprint density at radius 2 is 1.96 bits per heavy atom. The van der Waals surface area contributed by atoms with E-state index in [1.54, 1.807) is 12.1 Å². The number of benzene rings is 1. The second-order valence-electron chi connectivity index (χ2n) is 6.37. The molecule has 25 heavy (non-hydrogen) atoms. The van der Waals surface area contributed by atoms with Gasteiger partial charge in [0.05, 0.1) is 16.9 Å². The number of nitrogens with one attached hydrogen (secondary N) is 2. The van der Waals surface area contributed by atoms with Crippen molar-refractivity contribution in [3.8, 4) is 0 Å². The maximum atomic E-state index is 12.9. The van der Waals surface area contributed by atoms with Crippen molar-refractivity contribution in [2.24, 2.45) is 5.92 Å². The molecule has 2 unspecified atom stereocenters. The molecule has 8 heteroatoms. The number of amides is 1. The van der Waals surface area contributed by atoms with Gasteiger partial charge in [-0.25, -0.2) is 5.43 Å². The zero-order chi connectivity index (χ0) is 17.8. The molecule has 134 valence electrons. The largest absolute Gasteiger partial charge is 0.340 e. The summed E-state index contributed by atoms with van der Waals surface area (Å²) < 4.78 is 0. The molecule has 0 aromatic heterocycles. The van der Waals surface area contributed by atoms with Crippen LogP contribution < -0.4 is 10.9 Å². The number of carbonyl (C=O) groups is 1. The topological polar surface area (TPSA) is 90.8 Å². The van der Waals surface area contributed by atoms with Crippen LogP contribution in [-0.4, -0.2) is 59.9 Å². The van der Waals surface area contributed by atoms with Crippen molar-refractivity contribution in [3.63, 3.8) is 0 Å². The fourth-order valence-corrected chi connectivity index (χ4v) is 3.41. The van der Waals surface area contributed by atoms with Crippen LogP contribution in [0.25, 0.3) is 0 Å². The summed E-state index contributed by atoms with van der Waals surface area (Å²) >= 11 is 0. The third-order valence-electron chi connectivity index (χ3n) is 4.83. The van der Waals surface area contributed by atoms with Crippen LogP contribution in [0, 0.1) is 16.0 Å². The summed E-state index contributed by atoms with van der Waals surface area (Å²) in [5.41, 5.74) is 7.11. The van der Waals surface area contributed by atoms with Crippen LogP contribution in [0.2, 0.25) is 0 Å². The van der Waals surface area contributed by atoms with Gasteiger partial charge in [-0.1, -0.05) is 18.2 Å². The zero-order valence-corrected chi connectivity index (χ0v) is 14.1. The normalized spacial score (nSPS) is 24.2. The van der Waals surface area contributed by atoms with Gasteiger partial charge in [-0.15, -0.1) is 6.58 Å². The van der Waals surface area contributed by atoms with Crippen molar-refractivity contribution in [2.45, 2.75) is 6.04 Å². The Balaban J connectivity index is 1.66. The zero-order valence-electron chi connectivity index (χ0n) is 14.1. The monoisotopic (exact) mass is 345 g/mol. The van der Waals surface area contributed by atoms with E-state index in [1.165, 1.54) is 12.1 Å². The van der Waals surface area contributed by atoms with Crippen molar-refractivity contribution in [3.05, 3.63) is 52.6 Å². The number of hydrogen-bond acceptors (Lipinski definition) is 6. The van der Waals surface area contributed by atoms with Crippen LogP contribution >= 0.6 is 0 Å². The molecular weight excluding hydrogens is 322 g/mol. The molecule has 3 rings (SSSR count). The summed E-state index contributed by atoms with van der Waals surface area (Å²) in [7, 11) is 0. The van der Waals surface area contributed by atoms with Crippen molar-refractivity contribution in [1.82, 2.24) is 20.7 Å². The first-order chi connectivity index (χ1) is 12.1. The number of piperazine rings is 1. The third-order valence-corrected chi connectivity index (χ3v) is 4.83. The smallest absolute Gasteiger partial charge is 0.269 e. The van der Waals surface area contributed by atoms with Crippen LogP contribution in [0.5, 0.6) is 0 Å². The van der Waals surface area contributed by atoms with Gasteiger partial charge in [-0.05, 0) is 5.56 Å². The Bertz CT molecular complexity index is 640. The van der Waals surface area contributed by atoms with E-state index < -0.39 is 4.92 Å². The van der Waals surface area contributed by atoms with E-state index in [0.29, 0.717) is 6.54 Å². The van der Waals surface area contributed by atoms with Crippen LogP contribution in [0.4, 0.5) is 5.69 Å². The number of carbonyl (C=O) groups excluding carboxylic acids is 1. The number of rotatable bonds is 5. The first-order valence-electron chi connectivity index (χ1n) is 8.45. The van der Waals surface area contributed by atoms with Crippen molar-refractivity contribution in [2.75, 3.05) is 39.3 Å². The molecule has 2 fully saturated rings. The molecule has 8 nitrogen and oxygen atoms in total. The van der Waals surface area contributed by atoms with Gasteiger partial charge >= 0.3 is 0 Å². The fourth-order valence-electron chi connectivity index (χ4n) is 3.41. The number of hydrazine groups is 1. The second kappa shape index (κ2) is 7.73. The third kappa shape index (κ3) is 3.87. The van der Waals surface area contributed by atoms with Gasteiger partial charge in [-0.3, -0.25) is 25.2 Å². The molecule has 2 aliphatic heterocycles. The van der Waals surface area contributed by atoms with E-state index in [9.17, 15) is 14.9 Å². The maximum Gasteiger partial charge on any atom is 0.269 e. The van der Waals surface area contributed by atoms with Gasteiger partial charge in [0.2, 0.25) is 5.91 Å². The highest BCUT2D eigenvalue weighted by Gasteiger charge is 2.37. The first-order valence-corrected chi connectivity index (χ1v) is 8.45. The molecule has 0 aliphatic carbocycles. The van der Waals surface area contributed by atoms with Gasteiger partial charge in [-0.2, -0.15) is 0 Å². The minimum absolute atomic E-state index is 0.0518. The van der Waals surface area contributed by atoms with E-state index in [1.807, 2.05) is 11.0 Å². The van der Waals surface area contributed by atoms with Crippen LogP contribution in [0.15, 0.2) is 36.9 Å². The molecule has 1 aromatic rings. The highest BCUT2D eigenvalue weighted by Crippen LogP contribution is 2.28. The Kier molecular flexibility index (Phi) is 5.42. The van der Waals surface area contributed by atoms with E-state index in [4.69, 9.17) is 0 Å². The predicted octanol–water partition coefficient (Wildman–Crippen LogP) is 0.690. The van der Waals surface area contributed by atoms with E-state index in [2.05, 4.69) is 22.3 Å². The quantitative estimate of drug-likeness (QED) is 0.464. The Hall–Kier alpha value is -2.29. The highest BCUT2D eigenvalue weighted by atomic mass is 16.6. The molecule has 0 radical (unpaired) electrons. The molecule has 2 N–H and O–H groups in total. The lowest BCUT2D eigenvalue weighted by Crippen LogP contribution is -2.51. The molecule has 0 bridgehead atoms. The van der Waals surface area contributed by atoms with Gasteiger partial charge < -0.3 is 4.90 Å². The van der Waals surface area contributed by atoms with Crippen LogP contribution in [0.3, 0.4) is 0 Å². The molecular formula is C17H23N5O3. The van der Waals surface area contributed by atoms with Gasteiger partial charge in [0.1, 0.15) is 0 Å². The average Bonchev–Trinajstić information content (AvgIpc) is 3.12. The van der Waals surface area contributed by atoms with Crippen molar-refractivity contribution < 1.29 is 9.72 Å². The molecule has 0 saturated carbocycles. The van der Waals surface area contributed by atoms with E-state index >= 15 is 0 Å². The van der Waals surface area contributed by atoms with Gasteiger partial charge in [0.25, 0.3) is 5.69 Å². The predicted molar refractivity (Wildman–Crippen MR) is 93.7 cm³/mol. The maximum absolute atomic E-state index is 12.9. The van der Waals surface area contributed by atoms with Gasteiger partial charge in [0.15, 0.2) is 0 Å². The Morgan fingerprint density at radius 1 is 1.28 bits per heavy atom. The van der Waals surface area contributed by atoms with Crippen molar-refractivity contribution >= 4 is 11.6 Å². The van der Waals surface area contributed by atoms with Gasteiger partial charge in [0, 0.05) is 51.4 Å². The average molecular weight is 345 g/mol. The summed E-state index contributed by atoms with van der Waals surface area (Å²) in [5.74, 6) is -0.0912. The molecule has 0 spiro atoms. The summed E-state index contributed by atoms with van der Waals surface area (Å²) in [4.78, 5) is 27.5. The summed E-state index contributed by atoms with van der Waals surface area (Å²) in [5, 5.41) is 10.8. The SMILES string of the molecule is C=CCN1CCN(C(=O)C2CNNC2c2ccc([N+](=O)[O-])cc2)CC1. The lowest BCUT2D eigenvalue weighted by Gasteiger charge is -2.36. The minimum Gasteiger partial charge on any atom is -0.340 e. The number of nitro groups is 1. The number of nitrogens with zero attached hydrogens (tertiary/aromatic N) is 3. The number of non-ortho nitro benzene ring substituents is 1. The summed E-state index contributed by atoms with van der Waals surface area (Å²) in [6.45, 7) is 8.29. The van der Waals surface area contributed by atoms with E-state index in [0.717, 1.165) is 38.3 Å². The molecule has 2 heterocycles. The highest BCUT2D eigenvalue weighted by molar-refractivity contribution is 5.80. The summed E-state index contributed by atoms with van der Waals surface area (Å²) in [6, 6.07) is 6.20. The van der Waals surface area contributed by atoms with Crippen molar-refractivity contribution in [1.29, 1.82) is 0 Å². The summed E-state index contributed by atoms with van der Waals surface area (Å²) in [6.07, 6.45) is 1.88. The van der Waals surface area contributed by atoms with E-state index in [-0.39, 0.29) is 23.6 Å². The lowest BCUT2D eigenvalue weighted by atomic mass is 9.93. The van der Waals surface area contributed by atoms with Crippen LogP contribution in [-0.2, 0) is 4.79 Å². The molecule has 2 atom stereocenters. The van der Waals surface area contributed by atoms with Crippen LogP contribution in [0.1, 0.15) is 11.6 Å². The standard InChI is InChI=1S/C17H23N5O3/c1-2-7-20-8-10-21(11-9-20)17(23)15-12-18-19-16(15)13-3-5-14(6-4-13)22(24)25/h2-6,15-16,18-19H,1,7-12H2. The molecule has 2 aliphatic rings. The Labute approximate surface area is 146 Å².